The van der Waals surface area contributed by atoms with Crippen LogP contribution in [0.1, 0.15) is 23.6 Å². The molecule has 12 heavy (non-hydrogen) atoms. The quantitative estimate of drug-likeness (QED) is 0.558. The third-order valence-electron chi connectivity index (χ3n) is 1.56. The molecule has 0 saturated carbocycles. The van der Waals surface area contributed by atoms with Crippen LogP contribution in [0.2, 0.25) is 0 Å². The van der Waals surface area contributed by atoms with Crippen molar-refractivity contribution in [3.05, 3.63) is 27.9 Å². The molecule has 0 bridgehead atoms. The number of thiazole rings is 1. The van der Waals surface area contributed by atoms with Crippen molar-refractivity contribution in [1.29, 1.82) is 0 Å². The summed E-state index contributed by atoms with van der Waals surface area (Å²) in [6.45, 7) is 3.42. The fourth-order valence-electron chi connectivity index (χ4n) is 0.675. The van der Waals surface area contributed by atoms with Crippen LogP contribution >= 0.6 is 11.3 Å². The molecule has 0 atom stereocenters. The van der Waals surface area contributed by atoms with E-state index in [0.29, 0.717) is 16.3 Å². The van der Waals surface area contributed by atoms with E-state index in [9.17, 15) is 4.79 Å². The fraction of sp³-hybridized carbons (Fsp3) is 0.250. The molecule has 3 nitrogen and oxygen atoms in total. The van der Waals surface area contributed by atoms with Gasteiger partial charge in [0.1, 0.15) is 0 Å². The van der Waals surface area contributed by atoms with Gasteiger partial charge >= 0.3 is 0 Å². The normalized spacial score (nSPS) is 12.5. The van der Waals surface area contributed by atoms with E-state index in [1.165, 1.54) is 11.3 Å². The molecule has 0 spiro atoms. The van der Waals surface area contributed by atoms with E-state index >= 15 is 0 Å². The van der Waals surface area contributed by atoms with Crippen LogP contribution in [-0.4, -0.2) is 10.8 Å². The highest BCUT2D eigenvalue weighted by Crippen LogP contribution is 2.11. The molecular formula is C8H10N2OS. The van der Waals surface area contributed by atoms with Crippen molar-refractivity contribution in [1.82, 2.24) is 4.98 Å². The van der Waals surface area contributed by atoms with Crippen LogP contribution in [-0.2, 0) is 0 Å². The largest absolute Gasteiger partial charge is 0.402 e. The number of hydrogen-bond acceptors (Lipinski definition) is 4. The average molecular weight is 182 g/mol. The van der Waals surface area contributed by atoms with Gasteiger partial charge in [0, 0.05) is 22.8 Å². The second-order valence-corrected chi connectivity index (χ2v) is 3.37. The number of rotatable bonds is 2. The molecular weight excluding hydrogens is 172 g/mol. The average Bonchev–Trinajstić information content (AvgIpc) is 2.53. The highest BCUT2D eigenvalue weighted by atomic mass is 32.1. The zero-order chi connectivity index (χ0) is 9.14. The van der Waals surface area contributed by atoms with Crippen LogP contribution in [0.25, 0.3) is 0 Å². The third-order valence-corrected chi connectivity index (χ3v) is 2.33. The maximum absolute atomic E-state index is 11.5. The highest BCUT2D eigenvalue weighted by molar-refractivity contribution is 7.11. The molecule has 0 fully saturated rings. The second-order valence-electron chi connectivity index (χ2n) is 2.47. The lowest BCUT2D eigenvalue weighted by Gasteiger charge is -1.98. The minimum atomic E-state index is -0.0787. The molecule has 1 rings (SSSR count). The summed E-state index contributed by atoms with van der Waals surface area (Å²) in [5.41, 5.74) is 6.60. The Morgan fingerprint density at radius 1 is 1.58 bits per heavy atom. The minimum absolute atomic E-state index is 0.0787. The van der Waals surface area contributed by atoms with Gasteiger partial charge in [-0.2, -0.15) is 0 Å². The summed E-state index contributed by atoms with van der Waals surface area (Å²) < 4.78 is 0. The summed E-state index contributed by atoms with van der Waals surface area (Å²) in [4.78, 5) is 15.4. The Bertz CT molecular complexity index is 310. The summed E-state index contributed by atoms with van der Waals surface area (Å²) in [5, 5.41) is 2.27. The van der Waals surface area contributed by atoms with Gasteiger partial charge in [-0.15, -0.1) is 11.3 Å². The maximum Gasteiger partial charge on any atom is 0.218 e. The Kier molecular flexibility index (Phi) is 2.60. The zero-order valence-electron chi connectivity index (χ0n) is 7.00. The van der Waals surface area contributed by atoms with Gasteiger partial charge in [0.2, 0.25) is 5.78 Å². The van der Waals surface area contributed by atoms with Crippen molar-refractivity contribution in [2.45, 2.75) is 13.8 Å². The predicted molar refractivity (Wildman–Crippen MR) is 49.0 cm³/mol. The number of Topliss-reactive ketones (excluding diaryl/α,β-unsaturated/α-hetero) is 1. The van der Waals surface area contributed by atoms with Gasteiger partial charge < -0.3 is 5.73 Å². The molecule has 0 amide bonds. The number of aromatic nitrogens is 1. The number of nitrogens with zero attached hydrogens (tertiary/aromatic N) is 1. The van der Waals surface area contributed by atoms with Crippen LogP contribution < -0.4 is 5.73 Å². The smallest absolute Gasteiger partial charge is 0.218 e. The van der Waals surface area contributed by atoms with Gasteiger partial charge in [-0.1, -0.05) is 0 Å². The molecule has 0 aliphatic heterocycles. The van der Waals surface area contributed by atoms with E-state index in [0.717, 1.165) is 0 Å². The van der Waals surface area contributed by atoms with E-state index in [1.54, 1.807) is 25.4 Å². The summed E-state index contributed by atoms with van der Waals surface area (Å²) >= 11 is 1.33. The molecule has 2 N–H and O–H groups in total. The van der Waals surface area contributed by atoms with Crippen molar-refractivity contribution in [2.24, 2.45) is 5.73 Å². The van der Waals surface area contributed by atoms with Gasteiger partial charge in [0.15, 0.2) is 5.01 Å². The van der Waals surface area contributed by atoms with Crippen molar-refractivity contribution in [2.75, 3.05) is 0 Å². The number of nitrogens with two attached hydrogens (primary N) is 1. The molecule has 4 heteroatoms. The molecule has 0 saturated heterocycles. The van der Waals surface area contributed by atoms with E-state index in [2.05, 4.69) is 4.98 Å². The summed E-state index contributed by atoms with van der Waals surface area (Å²) in [7, 11) is 0. The third kappa shape index (κ3) is 1.71. The first-order valence-electron chi connectivity index (χ1n) is 3.50. The van der Waals surface area contributed by atoms with Crippen LogP contribution in [0.5, 0.6) is 0 Å². The molecule has 0 unspecified atom stereocenters. The molecule has 0 radical (unpaired) electrons. The van der Waals surface area contributed by atoms with Crippen molar-refractivity contribution >= 4 is 17.1 Å². The zero-order valence-corrected chi connectivity index (χ0v) is 7.81. The number of hydrogen-bond donors (Lipinski definition) is 1. The Hall–Kier alpha value is -1.16. The SMILES string of the molecule is CC(N)=C(C)C(=O)c1nccs1. The molecule has 1 aromatic rings. The number of allylic oxidation sites excluding steroid dienone is 2. The second kappa shape index (κ2) is 3.49. The van der Waals surface area contributed by atoms with Crippen LogP contribution in [0.4, 0.5) is 0 Å². The van der Waals surface area contributed by atoms with Crippen molar-refractivity contribution in [3.63, 3.8) is 0 Å². The first-order valence-corrected chi connectivity index (χ1v) is 4.38. The molecule has 0 aliphatic rings. The van der Waals surface area contributed by atoms with E-state index in [1.807, 2.05) is 0 Å². The van der Waals surface area contributed by atoms with Crippen LogP contribution in [0.15, 0.2) is 22.8 Å². The molecule has 1 aromatic heterocycles. The lowest BCUT2D eigenvalue weighted by atomic mass is 10.1. The Balaban J connectivity index is 2.95. The van der Waals surface area contributed by atoms with E-state index in [4.69, 9.17) is 5.73 Å². The van der Waals surface area contributed by atoms with Gasteiger partial charge in [0.25, 0.3) is 0 Å². The molecule has 64 valence electrons. The Morgan fingerprint density at radius 3 is 2.67 bits per heavy atom. The van der Waals surface area contributed by atoms with Crippen molar-refractivity contribution in [3.8, 4) is 0 Å². The van der Waals surface area contributed by atoms with Crippen LogP contribution in [0, 0.1) is 0 Å². The standard InChI is InChI=1S/C8H10N2OS/c1-5(6(2)9)7(11)8-10-3-4-12-8/h3-4H,9H2,1-2H3. The number of carbonyl (C=O) groups excluding carboxylic acids is 1. The Morgan fingerprint density at radius 2 is 2.25 bits per heavy atom. The Labute approximate surface area is 74.9 Å². The molecule has 1 heterocycles. The summed E-state index contributed by atoms with van der Waals surface area (Å²) in [6.07, 6.45) is 1.61. The van der Waals surface area contributed by atoms with Gasteiger partial charge in [-0.05, 0) is 13.8 Å². The monoisotopic (exact) mass is 182 g/mol. The topological polar surface area (TPSA) is 56.0 Å². The molecule has 0 aromatic carbocycles. The van der Waals surface area contributed by atoms with Crippen LogP contribution in [0.3, 0.4) is 0 Å². The lowest BCUT2D eigenvalue weighted by molar-refractivity contribution is 0.103. The maximum atomic E-state index is 11.5. The van der Waals surface area contributed by atoms with E-state index in [-0.39, 0.29) is 5.78 Å². The fourth-order valence-corrected chi connectivity index (χ4v) is 1.31. The minimum Gasteiger partial charge on any atom is -0.402 e. The lowest BCUT2D eigenvalue weighted by Crippen LogP contribution is -2.06. The first-order chi connectivity index (χ1) is 5.63. The summed E-state index contributed by atoms with van der Waals surface area (Å²) in [5.74, 6) is -0.0787. The number of ketones is 1. The van der Waals surface area contributed by atoms with Gasteiger partial charge in [-0.25, -0.2) is 4.98 Å². The first kappa shape index (κ1) is 8.93. The highest BCUT2D eigenvalue weighted by Gasteiger charge is 2.11. The number of carbonyl (C=O) groups is 1. The van der Waals surface area contributed by atoms with Gasteiger partial charge in [0.05, 0.1) is 0 Å². The summed E-state index contributed by atoms with van der Waals surface area (Å²) in [6, 6.07) is 0. The van der Waals surface area contributed by atoms with Gasteiger partial charge in [-0.3, -0.25) is 4.79 Å². The predicted octanol–water partition coefficient (Wildman–Crippen LogP) is 1.58. The molecule has 0 aliphatic carbocycles. The van der Waals surface area contributed by atoms with Crippen molar-refractivity contribution < 1.29 is 4.79 Å². The van der Waals surface area contributed by atoms with E-state index < -0.39 is 0 Å².